The molecule has 0 amide bonds. The first kappa shape index (κ1) is 7.68. The highest BCUT2D eigenvalue weighted by molar-refractivity contribution is 6.34. The number of fused-ring (bicyclic) bond motifs is 1. The fraction of sp³-hybridized carbons (Fsp3) is 0.333. The Morgan fingerprint density at radius 1 is 1.50 bits per heavy atom. The normalized spacial score (nSPS) is 14.1. The Morgan fingerprint density at radius 3 is 3.08 bits per heavy atom. The monoisotopic (exact) mass is 160 g/mol. The molecule has 2 nitrogen and oxygen atoms in total. The predicted octanol–water partition coefficient (Wildman–Crippen LogP) is -0.0924. The lowest BCUT2D eigenvalue weighted by Crippen LogP contribution is -2.08. The molecule has 3 heteroatoms. The third kappa shape index (κ3) is 1.10. The van der Waals surface area contributed by atoms with Gasteiger partial charge in [-0.05, 0) is 17.2 Å². The molecule has 0 bridgehead atoms. The van der Waals surface area contributed by atoms with Crippen molar-refractivity contribution in [1.82, 2.24) is 0 Å². The Labute approximate surface area is 72.6 Å². The van der Waals surface area contributed by atoms with Crippen LogP contribution >= 0.6 is 0 Å². The van der Waals surface area contributed by atoms with Crippen molar-refractivity contribution in [2.45, 2.75) is 13.0 Å². The zero-order chi connectivity index (χ0) is 8.55. The Hall–Kier alpha value is -0.955. The van der Waals surface area contributed by atoms with E-state index in [2.05, 4.69) is 0 Å². The van der Waals surface area contributed by atoms with E-state index >= 15 is 0 Å². The summed E-state index contributed by atoms with van der Waals surface area (Å²) in [5.41, 5.74) is 2.60. The Kier molecular flexibility index (Phi) is 1.81. The average Bonchev–Trinajstić information content (AvgIpc) is 2.52. The van der Waals surface area contributed by atoms with E-state index in [-0.39, 0.29) is 6.61 Å². The van der Waals surface area contributed by atoms with Gasteiger partial charge in [-0.3, -0.25) is 0 Å². The first-order valence-electron chi connectivity index (χ1n) is 3.96. The minimum absolute atomic E-state index is 0.0392. The van der Waals surface area contributed by atoms with Crippen molar-refractivity contribution in [1.29, 1.82) is 0 Å². The number of hydrogen-bond donors (Lipinski definition) is 1. The van der Waals surface area contributed by atoms with E-state index in [1.165, 1.54) is 0 Å². The third-order valence-corrected chi connectivity index (χ3v) is 2.05. The number of aliphatic hydroxyl groups is 1. The average molecular weight is 160 g/mol. The topological polar surface area (TPSA) is 29.5 Å². The van der Waals surface area contributed by atoms with Crippen molar-refractivity contribution in [2.24, 2.45) is 0 Å². The second kappa shape index (κ2) is 2.83. The standard InChI is InChI=1S/C9H9BO2/c10-8-4-6(5-11)3-7-1-2-12-9(7)8/h3-4,11H,1-2,5H2. The molecule has 0 atom stereocenters. The molecule has 0 fully saturated rings. The van der Waals surface area contributed by atoms with E-state index in [1.54, 1.807) is 6.07 Å². The Bertz CT molecular complexity index is 310. The Balaban J connectivity index is 2.51. The predicted molar refractivity (Wildman–Crippen MR) is 47.0 cm³/mol. The maximum atomic E-state index is 8.90. The van der Waals surface area contributed by atoms with Crippen molar-refractivity contribution >= 4 is 13.3 Å². The van der Waals surface area contributed by atoms with E-state index in [1.807, 2.05) is 6.07 Å². The highest BCUT2D eigenvalue weighted by Crippen LogP contribution is 2.23. The minimum atomic E-state index is 0.0392. The lowest BCUT2D eigenvalue weighted by Gasteiger charge is -2.05. The number of rotatable bonds is 1. The Morgan fingerprint density at radius 2 is 2.33 bits per heavy atom. The van der Waals surface area contributed by atoms with Gasteiger partial charge in [0.05, 0.1) is 13.2 Å². The van der Waals surface area contributed by atoms with Crippen molar-refractivity contribution in [3.05, 3.63) is 23.3 Å². The summed E-state index contributed by atoms with van der Waals surface area (Å²) in [6, 6.07) is 3.70. The summed E-state index contributed by atoms with van der Waals surface area (Å²) in [5, 5.41) is 8.90. The SMILES string of the molecule is [B]c1cc(CO)cc2c1OCC2. The van der Waals surface area contributed by atoms with Crippen LogP contribution in [0.1, 0.15) is 11.1 Å². The van der Waals surface area contributed by atoms with Crippen molar-refractivity contribution in [3.8, 4) is 5.75 Å². The van der Waals surface area contributed by atoms with Gasteiger partial charge in [-0.1, -0.05) is 11.5 Å². The summed E-state index contributed by atoms with van der Waals surface area (Å²) >= 11 is 0. The first-order chi connectivity index (χ1) is 5.81. The van der Waals surface area contributed by atoms with Crippen LogP contribution in [0.4, 0.5) is 0 Å². The number of hydrogen-bond acceptors (Lipinski definition) is 2. The lowest BCUT2D eigenvalue weighted by atomic mass is 9.90. The van der Waals surface area contributed by atoms with Gasteiger partial charge in [0.1, 0.15) is 13.6 Å². The second-order valence-corrected chi connectivity index (χ2v) is 2.93. The lowest BCUT2D eigenvalue weighted by molar-refractivity contribution is 0.282. The summed E-state index contributed by atoms with van der Waals surface area (Å²) in [6.07, 6.45) is 0.896. The van der Waals surface area contributed by atoms with E-state index in [0.717, 1.165) is 23.3 Å². The fourth-order valence-corrected chi connectivity index (χ4v) is 1.50. The van der Waals surface area contributed by atoms with Crippen LogP contribution in [0.5, 0.6) is 5.75 Å². The maximum Gasteiger partial charge on any atom is 0.119 e. The maximum absolute atomic E-state index is 8.90. The van der Waals surface area contributed by atoms with Crippen LogP contribution in [0.25, 0.3) is 0 Å². The molecule has 0 unspecified atom stereocenters. The summed E-state index contributed by atoms with van der Waals surface area (Å²) in [6.45, 7) is 0.742. The van der Waals surface area contributed by atoms with Gasteiger partial charge >= 0.3 is 0 Å². The molecule has 1 aliphatic heterocycles. The van der Waals surface area contributed by atoms with Gasteiger partial charge in [-0.25, -0.2) is 0 Å². The largest absolute Gasteiger partial charge is 0.494 e. The van der Waals surface area contributed by atoms with Gasteiger partial charge in [0, 0.05) is 6.42 Å². The van der Waals surface area contributed by atoms with Gasteiger partial charge in [0.15, 0.2) is 0 Å². The van der Waals surface area contributed by atoms with E-state index in [0.29, 0.717) is 12.1 Å². The number of aliphatic hydroxyl groups excluding tert-OH is 1. The third-order valence-electron chi connectivity index (χ3n) is 2.05. The molecule has 1 aromatic rings. The van der Waals surface area contributed by atoms with Gasteiger partial charge < -0.3 is 9.84 Å². The molecule has 0 aliphatic carbocycles. The van der Waals surface area contributed by atoms with Gasteiger partial charge in [-0.15, -0.1) is 0 Å². The molecule has 2 rings (SSSR count). The summed E-state index contributed by atoms with van der Waals surface area (Å²) in [5.74, 6) is 0.798. The number of benzene rings is 1. The van der Waals surface area contributed by atoms with Crippen molar-refractivity contribution in [3.63, 3.8) is 0 Å². The summed E-state index contributed by atoms with van der Waals surface area (Å²) in [7, 11) is 5.71. The molecule has 0 saturated carbocycles. The zero-order valence-electron chi connectivity index (χ0n) is 6.71. The highest BCUT2D eigenvalue weighted by atomic mass is 16.5. The molecule has 1 N–H and O–H groups in total. The van der Waals surface area contributed by atoms with Gasteiger partial charge in [0.25, 0.3) is 0 Å². The van der Waals surface area contributed by atoms with Crippen LogP contribution in [0, 0.1) is 0 Å². The molecular weight excluding hydrogens is 151 g/mol. The van der Waals surface area contributed by atoms with Gasteiger partial charge in [0.2, 0.25) is 0 Å². The minimum Gasteiger partial charge on any atom is -0.494 e. The molecule has 60 valence electrons. The van der Waals surface area contributed by atoms with Crippen LogP contribution < -0.4 is 10.2 Å². The van der Waals surface area contributed by atoms with Crippen molar-refractivity contribution < 1.29 is 9.84 Å². The molecule has 1 aromatic carbocycles. The smallest absolute Gasteiger partial charge is 0.119 e. The highest BCUT2D eigenvalue weighted by Gasteiger charge is 2.14. The van der Waals surface area contributed by atoms with E-state index < -0.39 is 0 Å². The summed E-state index contributed by atoms with van der Waals surface area (Å²) in [4.78, 5) is 0. The molecule has 2 radical (unpaired) electrons. The van der Waals surface area contributed by atoms with E-state index in [4.69, 9.17) is 17.7 Å². The second-order valence-electron chi connectivity index (χ2n) is 2.93. The molecule has 0 spiro atoms. The van der Waals surface area contributed by atoms with Crippen LogP contribution in [0.3, 0.4) is 0 Å². The van der Waals surface area contributed by atoms with E-state index in [9.17, 15) is 0 Å². The van der Waals surface area contributed by atoms with Gasteiger partial charge in [-0.2, -0.15) is 0 Å². The fourth-order valence-electron chi connectivity index (χ4n) is 1.50. The quantitative estimate of drug-likeness (QED) is 0.581. The van der Waals surface area contributed by atoms with Crippen LogP contribution in [0.15, 0.2) is 12.1 Å². The number of ether oxygens (including phenoxy) is 1. The molecule has 0 aromatic heterocycles. The molecule has 0 saturated heterocycles. The van der Waals surface area contributed by atoms with Crippen LogP contribution in [-0.2, 0) is 13.0 Å². The van der Waals surface area contributed by atoms with Crippen LogP contribution in [0.2, 0.25) is 0 Å². The molecular formula is C9H9BO2. The van der Waals surface area contributed by atoms with Crippen molar-refractivity contribution in [2.75, 3.05) is 6.61 Å². The molecule has 1 aliphatic rings. The zero-order valence-corrected chi connectivity index (χ0v) is 6.71. The molecule has 12 heavy (non-hydrogen) atoms. The van der Waals surface area contributed by atoms with Crippen LogP contribution in [-0.4, -0.2) is 19.6 Å². The summed E-state index contributed by atoms with van der Waals surface area (Å²) < 4.78 is 5.32. The molecule has 1 heterocycles. The first-order valence-corrected chi connectivity index (χ1v) is 3.96.